The number of nitriles is 1. The number of hydrogen-bond donors (Lipinski definition) is 0. The highest BCUT2D eigenvalue weighted by Crippen LogP contribution is 2.23. The van der Waals surface area contributed by atoms with Crippen molar-refractivity contribution in [1.82, 2.24) is 0 Å². The summed E-state index contributed by atoms with van der Waals surface area (Å²) in [5.41, 5.74) is 0.705. The average Bonchev–Trinajstić information content (AvgIpc) is 2.67. The molecule has 0 radical (unpaired) electrons. The maximum absolute atomic E-state index is 14.8. The molecule has 0 aromatic heterocycles. The van der Waals surface area contributed by atoms with Crippen molar-refractivity contribution in [3.8, 4) is 17.9 Å². The standard InChI is InChI=1S/C24H18F3N/c1-2-3-4-5-16-7-11-20-19(12-16)10-9-18(24(20)27)8-6-17-13-22(25)21(15-28)23(26)14-17/h7,9-14H,2-5H2,1H3. The number of aryl methyl sites for hydroxylation is 1. The third kappa shape index (κ3) is 4.18. The van der Waals surface area contributed by atoms with Crippen LogP contribution in [0.3, 0.4) is 0 Å². The van der Waals surface area contributed by atoms with Gasteiger partial charge in [0.05, 0.1) is 5.56 Å². The summed E-state index contributed by atoms with van der Waals surface area (Å²) in [7, 11) is 0. The highest BCUT2D eigenvalue weighted by molar-refractivity contribution is 5.85. The number of halogens is 3. The van der Waals surface area contributed by atoms with Crippen LogP contribution in [0.2, 0.25) is 0 Å². The Morgan fingerprint density at radius 1 is 0.893 bits per heavy atom. The van der Waals surface area contributed by atoms with Gasteiger partial charge in [0.1, 0.15) is 29.1 Å². The second-order valence-corrected chi connectivity index (χ2v) is 6.62. The Kier molecular flexibility index (Phi) is 6.02. The zero-order valence-electron chi connectivity index (χ0n) is 15.5. The molecule has 0 fully saturated rings. The van der Waals surface area contributed by atoms with E-state index in [9.17, 15) is 13.2 Å². The van der Waals surface area contributed by atoms with E-state index in [1.54, 1.807) is 18.2 Å². The molecule has 0 saturated carbocycles. The van der Waals surface area contributed by atoms with E-state index in [2.05, 4.69) is 18.8 Å². The molecule has 0 amide bonds. The summed E-state index contributed by atoms with van der Waals surface area (Å²) in [6.07, 6.45) is 4.38. The number of nitrogens with zero attached hydrogens (tertiary/aromatic N) is 1. The normalized spacial score (nSPS) is 10.4. The second-order valence-electron chi connectivity index (χ2n) is 6.62. The molecule has 0 saturated heterocycles. The highest BCUT2D eigenvalue weighted by Gasteiger charge is 2.10. The molecule has 0 heterocycles. The van der Waals surface area contributed by atoms with E-state index in [0.717, 1.165) is 43.2 Å². The van der Waals surface area contributed by atoms with Gasteiger partial charge in [-0.2, -0.15) is 5.26 Å². The molecule has 0 aliphatic rings. The molecule has 1 nitrogen and oxygen atoms in total. The first-order chi connectivity index (χ1) is 13.5. The van der Waals surface area contributed by atoms with Gasteiger partial charge in [-0.05, 0) is 42.0 Å². The highest BCUT2D eigenvalue weighted by atomic mass is 19.1. The Bertz CT molecular complexity index is 1110. The molecule has 0 unspecified atom stereocenters. The van der Waals surface area contributed by atoms with Crippen molar-refractivity contribution in [3.63, 3.8) is 0 Å². The number of hydrogen-bond acceptors (Lipinski definition) is 1. The molecule has 3 aromatic carbocycles. The Hall–Kier alpha value is -3.24. The van der Waals surface area contributed by atoms with Crippen LogP contribution in [-0.2, 0) is 6.42 Å². The first kappa shape index (κ1) is 19.5. The quantitative estimate of drug-likeness (QED) is 0.389. The lowest BCUT2D eigenvalue weighted by Crippen LogP contribution is -1.92. The fourth-order valence-electron chi connectivity index (χ4n) is 3.06. The van der Waals surface area contributed by atoms with Crippen molar-refractivity contribution in [3.05, 3.63) is 82.2 Å². The third-order valence-corrected chi connectivity index (χ3v) is 4.58. The van der Waals surface area contributed by atoms with E-state index < -0.39 is 23.0 Å². The summed E-state index contributed by atoms with van der Waals surface area (Å²) in [4.78, 5) is 0. The molecule has 0 spiro atoms. The largest absolute Gasteiger partial charge is 0.205 e. The molecule has 28 heavy (non-hydrogen) atoms. The topological polar surface area (TPSA) is 23.8 Å². The maximum Gasteiger partial charge on any atom is 0.146 e. The van der Waals surface area contributed by atoms with Crippen LogP contribution >= 0.6 is 0 Å². The molecular weight excluding hydrogens is 359 g/mol. The van der Waals surface area contributed by atoms with Crippen molar-refractivity contribution in [1.29, 1.82) is 5.26 Å². The SMILES string of the molecule is CCCCCc1ccc2c(F)c(C#Cc3cc(F)c(C#N)c(F)c3)ccc2c1. The number of benzene rings is 3. The molecular formula is C24H18F3N. The average molecular weight is 377 g/mol. The zero-order valence-corrected chi connectivity index (χ0v) is 15.5. The Morgan fingerprint density at radius 3 is 2.32 bits per heavy atom. The van der Waals surface area contributed by atoms with E-state index in [1.807, 2.05) is 12.1 Å². The minimum atomic E-state index is -0.985. The van der Waals surface area contributed by atoms with Crippen LogP contribution < -0.4 is 0 Å². The van der Waals surface area contributed by atoms with Crippen LogP contribution in [0.15, 0.2) is 42.5 Å². The molecule has 0 bridgehead atoms. The summed E-state index contributed by atoms with van der Waals surface area (Å²) >= 11 is 0. The van der Waals surface area contributed by atoms with E-state index in [0.29, 0.717) is 5.39 Å². The summed E-state index contributed by atoms with van der Waals surface area (Å²) < 4.78 is 42.1. The van der Waals surface area contributed by atoms with Gasteiger partial charge in [-0.15, -0.1) is 0 Å². The minimum absolute atomic E-state index is 0.0415. The molecule has 0 N–H and O–H groups in total. The molecule has 4 heteroatoms. The summed E-state index contributed by atoms with van der Waals surface area (Å²) in [5, 5.41) is 9.96. The first-order valence-corrected chi connectivity index (χ1v) is 9.15. The van der Waals surface area contributed by atoms with Crippen LogP contribution in [0, 0.1) is 40.6 Å². The Balaban J connectivity index is 1.91. The second kappa shape index (κ2) is 8.63. The molecule has 0 aliphatic carbocycles. The van der Waals surface area contributed by atoms with Crippen LogP contribution in [0.1, 0.15) is 48.4 Å². The number of rotatable bonds is 4. The van der Waals surface area contributed by atoms with E-state index in [1.165, 1.54) is 11.6 Å². The van der Waals surface area contributed by atoms with Crippen molar-refractivity contribution >= 4 is 10.8 Å². The van der Waals surface area contributed by atoms with Crippen LogP contribution in [0.4, 0.5) is 13.2 Å². The van der Waals surface area contributed by atoms with Gasteiger partial charge in [0.25, 0.3) is 0 Å². The predicted octanol–water partition coefficient (Wildman–Crippen LogP) is 6.26. The summed E-state index contributed by atoms with van der Waals surface area (Å²) in [6.45, 7) is 2.15. The molecule has 3 aromatic rings. The van der Waals surface area contributed by atoms with Gasteiger partial charge in [-0.3, -0.25) is 0 Å². The fourth-order valence-corrected chi connectivity index (χ4v) is 3.06. The lowest BCUT2D eigenvalue weighted by Gasteiger charge is -2.06. The van der Waals surface area contributed by atoms with Gasteiger partial charge < -0.3 is 0 Å². The van der Waals surface area contributed by atoms with Gasteiger partial charge in [-0.25, -0.2) is 13.2 Å². The van der Waals surface area contributed by atoms with Crippen molar-refractivity contribution in [2.45, 2.75) is 32.6 Å². The Morgan fingerprint density at radius 2 is 1.64 bits per heavy atom. The molecule has 0 aliphatic heterocycles. The van der Waals surface area contributed by atoms with Crippen molar-refractivity contribution in [2.75, 3.05) is 0 Å². The van der Waals surface area contributed by atoms with Crippen LogP contribution in [-0.4, -0.2) is 0 Å². The van der Waals surface area contributed by atoms with Gasteiger partial charge in [0, 0.05) is 10.9 Å². The van der Waals surface area contributed by atoms with Crippen LogP contribution in [0.5, 0.6) is 0 Å². The summed E-state index contributed by atoms with van der Waals surface area (Å²) in [6, 6.07) is 12.4. The zero-order chi connectivity index (χ0) is 20.1. The lowest BCUT2D eigenvalue weighted by molar-refractivity contribution is 0.576. The van der Waals surface area contributed by atoms with Crippen LogP contribution in [0.25, 0.3) is 10.8 Å². The van der Waals surface area contributed by atoms with Crippen molar-refractivity contribution in [2.24, 2.45) is 0 Å². The van der Waals surface area contributed by atoms with E-state index in [4.69, 9.17) is 5.26 Å². The predicted molar refractivity (Wildman–Crippen MR) is 104 cm³/mol. The first-order valence-electron chi connectivity index (χ1n) is 9.15. The summed E-state index contributed by atoms with van der Waals surface area (Å²) in [5.74, 6) is 2.77. The van der Waals surface area contributed by atoms with Crippen molar-refractivity contribution < 1.29 is 13.2 Å². The van der Waals surface area contributed by atoms with E-state index in [-0.39, 0.29) is 11.1 Å². The van der Waals surface area contributed by atoms with Gasteiger partial charge in [0.15, 0.2) is 0 Å². The monoisotopic (exact) mass is 377 g/mol. The number of unbranched alkanes of at least 4 members (excludes halogenated alkanes) is 2. The fraction of sp³-hybridized carbons (Fsp3) is 0.208. The maximum atomic E-state index is 14.8. The lowest BCUT2D eigenvalue weighted by atomic mass is 10.0. The minimum Gasteiger partial charge on any atom is -0.205 e. The van der Waals surface area contributed by atoms with Gasteiger partial charge in [-0.1, -0.05) is 55.9 Å². The van der Waals surface area contributed by atoms with Gasteiger partial charge in [0.2, 0.25) is 0 Å². The smallest absolute Gasteiger partial charge is 0.146 e. The third-order valence-electron chi connectivity index (χ3n) is 4.58. The number of fused-ring (bicyclic) bond motifs is 1. The molecule has 140 valence electrons. The molecule has 0 atom stereocenters. The van der Waals surface area contributed by atoms with E-state index >= 15 is 0 Å². The Labute approximate surface area is 162 Å². The van der Waals surface area contributed by atoms with Gasteiger partial charge >= 0.3 is 0 Å². The molecule has 3 rings (SSSR count).